The van der Waals surface area contributed by atoms with Crippen molar-refractivity contribution in [2.45, 2.75) is 0 Å². The summed E-state index contributed by atoms with van der Waals surface area (Å²) in [6, 6.07) is 44.4. The first-order chi connectivity index (χ1) is 18.7. The first kappa shape index (κ1) is 21.5. The van der Waals surface area contributed by atoms with Crippen LogP contribution >= 0.6 is 11.3 Å². The summed E-state index contributed by atoms with van der Waals surface area (Å²) in [4.78, 5) is 0. The average Bonchev–Trinajstić information content (AvgIpc) is 3.36. The highest BCUT2D eigenvalue weighted by atomic mass is 32.1. The van der Waals surface area contributed by atoms with Gasteiger partial charge in [0.15, 0.2) is 0 Å². The van der Waals surface area contributed by atoms with Gasteiger partial charge in [0, 0.05) is 20.2 Å². The molecule has 2 heteroatoms. The molecule has 178 valence electrons. The Morgan fingerprint density at radius 3 is 1.79 bits per heavy atom. The maximum absolute atomic E-state index is 13.5. The van der Waals surface area contributed by atoms with Gasteiger partial charge in [0.1, 0.15) is 5.82 Å². The predicted molar refractivity (Wildman–Crippen MR) is 163 cm³/mol. The van der Waals surface area contributed by atoms with Crippen LogP contribution < -0.4 is 0 Å². The van der Waals surface area contributed by atoms with Crippen molar-refractivity contribution in [2.75, 3.05) is 0 Å². The van der Waals surface area contributed by atoms with E-state index >= 15 is 0 Å². The standard InChI is InChI=1S/C36H21FS/c37-27-16-12-22(13-17-27)25-10-8-23-14-19-30-29(33(23)20-25)18-15-24-9-11-26(21-34(24)30)28-5-3-6-32-31-4-1-2-7-35(31)38-36(28)32/h1-21H. The average molecular weight is 505 g/mol. The van der Waals surface area contributed by atoms with Crippen LogP contribution in [0.2, 0.25) is 0 Å². The Bertz CT molecular complexity index is 2190. The monoisotopic (exact) mass is 504 g/mol. The molecule has 0 saturated heterocycles. The number of hydrogen-bond acceptors (Lipinski definition) is 1. The van der Waals surface area contributed by atoms with Crippen molar-refractivity contribution in [3.63, 3.8) is 0 Å². The van der Waals surface area contributed by atoms with Gasteiger partial charge in [0.05, 0.1) is 0 Å². The van der Waals surface area contributed by atoms with E-state index < -0.39 is 0 Å². The van der Waals surface area contributed by atoms with Gasteiger partial charge in [0.2, 0.25) is 0 Å². The van der Waals surface area contributed by atoms with E-state index in [2.05, 4.69) is 103 Å². The third kappa shape index (κ3) is 3.27. The van der Waals surface area contributed by atoms with Crippen LogP contribution in [0, 0.1) is 5.82 Å². The Morgan fingerprint density at radius 2 is 1.03 bits per heavy atom. The van der Waals surface area contributed by atoms with Crippen molar-refractivity contribution >= 4 is 63.8 Å². The lowest BCUT2D eigenvalue weighted by atomic mass is 9.93. The molecule has 0 nitrogen and oxygen atoms in total. The molecule has 8 aromatic rings. The number of benzene rings is 7. The molecule has 0 spiro atoms. The second-order valence-corrected chi connectivity index (χ2v) is 10.9. The summed E-state index contributed by atoms with van der Waals surface area (Å²) in [5.74, 6) is -0.214. The lowest BCUT2D eigenvalue weighted by Crippen LogP contribution is -1.85. The fraction of sp³-hybridized carbons (Fsp3) is 0. The summed E-state index contributed by atoms with van der Waals surface area (Å²) in [6.07, 6.45) is 0. The van der Waals surface area contributed by atoms with Crippen molar-refractivity contribution in [3.05, 3.63) is 133 Å². The fourth-order valence-corrected chi connectivity index (χ4v) is 7.07. The summed E-state index contributed by atoms with van der Waals surface area (Å²) in [5.41, 5.74) is 4.63. The molecule has 38 heavy (non-hydrogen) atoms. The number of rotatable bonds is 2. The lowest BCUT2D eigenvalue weighted by Gasteiger charge is -2.11. The molecule has 0 bridgehead atoms. The molecule has 0 aliphatic heterocycles. The normalized spacial score (nSPS) is 11.8. The topological polar surface area (TPSA) is 0 Å². The first-order valence-corrected chi connectivity index (χ1v) is 13.6. The van der Waals surface area contributed by atoms with Gasteiger partial charge in [-0.05, 0) is 84.9 Å². The minimum atomic E-state index is -0.214. The molecule has 1 heterocycles. The van der Waals surface area contributed by atoms with E-state index in [4.69, 9.17) is 0 Å². The van der Waals surface area contributed by atoms with E-state index in [1.165, 1.54) is 75.7 Å². The third-order valence-corrected chi connectivity index (χ3v) is 8.95. The van der Waals surface area contributed by atoms with Crippen LogP contribution in [0.5, 0.6) is 0 Å². The molecule has 0 fully saturated rings. The minimum Gasteiger partial charge on any atom is -0.207 e. The van der Waals surface area contributed by atoms with Gasteiger partial charge in [-0.1, -0.05) is 97.1 Å². The van der Waals surface area contributed by atoms with Crippen LogP contribution in [0.15, 0.2) is 127 Å². The highest BCUT2D eigenvalue weighted by molar-refractivity contribution is 7.26. The van der Waals surface area contributed by atoms with Crippen LogP contribution in [0.1, 0.15) is 0 Å². The van der Waals surface area contributed by atoms with Gasteiger partial charge in [-0.15, -0.1) is 11.3 Å². The Balaban J connectivity index is 1.36. The molecule has 0 saturated carbocycles. The largest absolute Gasteiger partial charge is 0.207 e. The van der Waals surface area contributed by atoms with Crippen molar-refractivity contribution in [3.8, 4) is 22.3 Å². The van der Waals surface area contributed by atoms with E-state index in [9.17, 15) is 4.39 Å². The van der Waals surface area contributed by atoms with Crippen LogP contribution in [0.4, 0.5) is 4.39 Å². The maximum atomic E-state index is 13.5. The summed E-state index contributed by atoms with van der Waals surface area (Å²) < 4.78 is 16.2. The second kappa shape index (κ2) is 8.24. The molecule has 0 aliphatic carbocycles. The van der Waals surface area contributed by atoms with Crippen LogP contribution in [-0.4, -0.2) is 0 Å². The number of halogens is 1. The Morgan fingerprint density at radius 1 is 0.421 bits per heavy atom. The molecule has 0 aliphatic rings. The molecule has 0 N–H and O–H groups in total. The number of fused-ring (bicyclic) bond motifs is 8. The van der Waals surface area contributed by atoms with Crippen molar-refractivity contribution in [2.24, 2.45) is 0 Å². The van der Waals surface area contributed by atoms with Gasteiger partial charge in [-0.2, -0.15) is 0 Å². The van der Waals surface area contributed by atoms with E-state index in [1.807, 2.05) is 23.5 Å². The SMILES string of the molecule is Fc1ccc(-c2ccc3ccc4c5cc(-c6cccc7c6sc6ccccc67)ccc5ccc4c3c2)cc1. The fourth-order valence-electron chi connectivity index (χ4n) is 5.83. The predicted octanol–water partition coefficient (Wildman–Crippen LogP) is 11.0. The molecule has 1 aromatic heterocycles. The summed E-state index contributed by atoms with van der Waals surface area (Å²) in [7, 11) is 0. The second-order valence-electron chi connectivity index (χ2n) is 9.89. The van der Waals surface area contributed by atoms with Crippen molar-refractivity contribution in [1.82, 2.24) is 0 Å². The zero-order valence-corrected chi connectivity index (χ0v) is 21.2. The summed E-state index contributed by atoms with van der Waals surface area (Å²) in [6.45, 7) is 0. The molecular weight excluding hydrogens is 483 g/mol. The highest BCUT2D eigenvalue weighted by Gasteiger charge is 2.12. The van der Waals surface area contributed by atoms with Gasteiger partial charge < -0.3 is 0 Å². The van der Waals surface area contributed by atoms with E-state index in [1.54, 1.807) is 0 Å². The van der Waals surface area contributed by atoms with Gasteiger partial charge >= 0.3 is 0 Å². The minimum absolute atomic E-state index is 0.214. The van der Waals surface area contributed by atoms with Gasteiger partial charge in [0.25, 0.3) is 0 Å². The van der Waals surface area contributed by atoms with Crippen molar-refractivity contribution in [1.29, 1.82) is 0 Å². The van der Waals surface area contributed by atoms with Gasteiger partial charge in [-0.3, -0.25) is 0 Å². The van der Waals surface area contributed by atoms with E-state index in [-0.39, 0.29) is 5.82 Å². The molecule has 0 radical (unpaired) electrons. The molecule has 7 aromatic carbocycles. The van der Waals surface area contributed by atoms with E-state index in [0.717, 1.165) is 11.1 Å². The molecule has 8 rings (SSSR count). The van der Waals surface area contributed by atoms with Crippen LogP contribution in [0.3, 0.4) is 0 Å². The van der Waals surface area contributed by atoms with Crippen LogP contribution in [-0.2, 0) is 0 Å². The van der Waals surface area contributed by atoms with Gasteiger partial charge in [-0.25, -0.2) is 4.39 Å². The number of hydrogen-bond donors (Lipinski definition) is 0. The summed E-state index contributed by atoms with van der Waals surface area (Å²) in [5, 5.41) is 10.0. The zero-order chi connectivity index (χ0) is 25.2. The zero-order valence-electron chi connectivity index (χ0n) is 20.4. The van der Waals surface area contributed by atoms with Crippen LogP contribution in [0.25, 0.3) is 74.7 Å². The maximum Gasteiger partial charge on any atom is 0.123 e. The molecule has 0 atom stereocenters. The first-order valence-electron chi connectivity index (χ1n) is 12.8. The molecular formula is C36H21FS. The third-order valence-electron chi connectivity index (χ3n) is 7.73. The Hall–Kier alpha value is -4.53. The van der Waals surface area contributed by atoms with Crippen molar-refractivity contribution < 1.29 is 4.39 Å². The highest BCUT2D eigenvalue weighted by Crippen LogP contribution is 2.41. The molecule has 0 unspecified atom stereocenters. The quantitative estimate of drug-likeness (QED) is 0.205. The Labute approximate surface area is 223 Å². The number of thiophene rings is 1. The van der Waals surface area contributed by atoms with E-state index in [0.29, 0.717) is 0 Å². The molecule has 0 amide bonds. The lowest BCUT2D eigenvalue weighted by molar-refractivity contribution is 0.628. The summed E-state index contributed by atoms with van der Waals surface area (Å²) >= 11 is 1.87. The Kier molecular flexibility index (Phi) is 4.67. The smallest absolute Gasteiger partial charge is 0.123 e.